The molecule has 3 heterocycles. The molecule has 0 radical (unpaired) electrons. The van der Waals surface area contributed by atoms with Crippen LogP contribution in [0.3, 0.4) is 0 Å². The van der Waals surface area contributed by atoms with Crippen LogP contribution in [-0.2, 0) is 13.1 Å². The van der Waals surface area contributed by atoms with Crippen LogP contribution in [0.2, 0.25) is 0 Å². The highest BCUT2D eigenvalue weighted by atomic mass is 16.3. The molecule has 3 aromatic heterocycles. The molecule has 0 spiro atoms. The number of benzene rings is 1. The van der Waals surface area contributed by atoms with Crippen LogP contribution in [0.4, 0.5) is 5.95 Å². The quantitative estimate of drug-likeness (QED) is 0.500. The Labute approximate surface area is 165 Å². The molecule has 1 aromatic carbocycles. The highest BCUT2D eigenvalue weighted by molar-refractivity contribution is 5.68. The van der Waals surface area contributed by atoms with Gasteiger partial charge in [0.25, 0.3) is 0 Å². The number of nitrogens with two attached hydrogens (primary N) is 1. The first-order valence-electron chi connectivity index (χ1n) is 8.83. The van der Waals surface area contributed by atoms with Crippen molar-refractivity contribution in [2.24, 2.45) is 0 Å². The fourth-order valence-electron chi connectivity index (χ4n) is 2.87. The summed E-state index contributed by atoms with van der Waals surface area (Å²) in [7, 11) is 0. The second kappa shape index (κ2) is 7.87. The summed E-state index contributed by atoms with van der Waals surface area (Å²) in [6, 6.07) is 12.8. The smallest absolute Gasteiger partial charge is 0.221 e. The van der Waals surface area contributed by atoms with Crippen molar-refractivity contribution >= 4 is 5.95 Å². The van der Waals surface area contributed by atoms with Gasteiger partial charge in [-0.2, -0.15) is 10.4 Å². The Morgan fingerprint density at radius 3 is 2.76 bits per heavy atom. The number of nitriles is 1. The second-order valence-electron chi connectivity index (χ2n) is 6.28. The van der Waals surface area contributed by atoms with Gasteiger partial charge in [0.1, 0.15) is 5.69 Å². The van der Waals surface area contributed by atoms with Gasteiger partial charge in [0.2, 0.25) is 5.95 Å². The van der Waals surface area contributed by atoms with Gasteiger partial charge in [0.05, 0.1) is 54.6 Å². The number of rotatable bonds is 6. The molecular formula is C19H17N9O. The minimum Gasteiger partial charge on any atom is -0.394 e. The molecule has 10 nitrogen and oxygen atoms in total. The van der Waals surface area contributed by atoms with E-state index in [1.165, 1.54) is 0 Å². The highest BCUT2D eigenvalue weighted by Crippen LogP contribution is 2.24. The molecule has 144 valence electrons. The fourth-order valence-corrected chi connectivity index (χ4v) is 2.87. The molecule has 10 heteroatoms. The zero-order valence-electron chi connectivity index (χ0n) is 15.3. The van der Waals surface area contributed by atoms with E-state index in [9.17, 15) is 0 Å². The lowest BCUT2D eigenvalue weighted by Crippen LogP contribution is -2.05. The zero-order chi connectivity index (χ0) is 20.2. The van der Waals surface area contributed by atoms with E-state index in [2.05, 4.69) is 31.4 Å². The van der Waals surface area contributed by atoms with Crippen molar-refractivity contribution in [3.05, 3.63) is 60.0 Å². The molecule has 4 rings (SSSR count). The number of anilines is 1. The Kier molecular flexibility index (Phi) is 4.96. The molecule has 0 bridgehead atoms. The van der Waals surface area contributed by atoms with E-state index in [4.69, 9.17) is 16.1 Å². The molecular weight excluding hydrogens is 370 g/mol. The van der Waals surface area contributed by atoms with Crippen molar-refractivity contribution in [2.75, 3.05) is 12.3 Å². The summed E-state index contributed by atoms with van der Waals surface area (Å²) in [5.74, 6) is 0.108. The summed E-state index contributed by atoms with van der Waals surface area (Å²) < 4.78 is 3.31. The minimum atomic E-state index is 0.0311. The summed E-state index contributed by atoms with van der Waals surface area (Å²) >= 11 is 0. The SMILES string of the molecule is N#Cc1cccc(-c2cc(-c3cn(Cc4ccn(CCO)n4)nn3)nc(N)n2)c1. The van der Waals surface area contributed by atoms with Crippen LogP contribution in [-0.4, -0.2) is 46.5 Å². The number of hydrogen-bond acceptors (Lipinski definition) is 8. The van der Waals surface area contributed by atoms with Crippen LogP contribution >= 0.6 is 0 Å². The first-order chi connectivity index (χ1) is 14.1. The topological polar surface area (TPSA) is 144 Å². The van der Waals surface area contributed by atoms with E-state index in [0.29, 0.717) is 35.7 Å². The fraction of sp³-hybridized carbons (Fsp3) is 0.158. The van der Waals surface area contributed by atoms with Crippen molar-refractivity contribution in [1.82, 2.24) is 34.7 Å². The molecule has 0 aliphatic heterocycles. The lowest BCUT2D eigenvalue weighted by atomic mass is 10.1. The van der Waals surface area contributed by atoms with Gasteiger partial charge < -0.3 is 10.8 Å². The van der Waals surface area contributed by atoms with Crippen LogP contribution in [0.25, 0.3) is 22.6 Å². The van der Waals surface area contributed by atoms with Gasteiger partial charge in [-0.05, 0) is 24.3 Å². The maximum atomic E-state index is 9.10. The summed E-state index contributed by atoms with van der Waals surface area (Å²) in [6.45, 7) is 0.908. The zero-order valence-corrected chi connectivity index (χ0v) is 15.3. The Bertz CT molecular complexity index is 1190. The Morgan fingerprint density at radius 1 is 1.07 bits per heavy atom. The first-order valence-corrected chi connectivity index (χ1v) is 8.83. The molecule has 0 aliphatic carbocycles. The summed E-state index contributed by atoms with van der Waals surface area (Å²) in [4.78, 5) is 8.53. The van der Waals surface area contributed by atoms with Gasteiger partial charge in [-0.1, -0.05) is 17.3 Å². The largest absolute Gasteiger partial charge is 0.394 e. The van der Waals surface area contributed by atoms with Crippen LogP contribution in [0.15, 0.2) is 48.8 Å². The van der Waals surface area contributed by atoms with E-state index in [1.54, 1.807) is 46.0 Å². The van der Waals surface area contributed by atoms with Crippen molar-refractivity contribution in [3.63, 3.8) is 0 Å². The Balaban J connectivity index is 1.60. The van der Waals surface area contributed by atoms with E-state index >= 15 is 0 Å². The molecule has 0 saturated heterocycles. The third kappa shape index (κ3) is 4.10. The van der Waals surface area contributed by atoms with E-state index < -0.39 is 0 Å². The number of aromatic nitrogens is 7. The van der Waals surface area contributed by atoms with Crippen LogP contribution in [0, 0.1) is 11.3 Å². The monoisotopic (exact) mass is 387 g/mol. The number of nitrogen functional groups attached to an aromatic ring is 1. The van der Waals surface area contributed by atoms with Crippen LogP contribution < -0.4 is 5.73 Å². The summed E-state index contributed by atoms with van der Waals surface area (Å²) in [5, 5.41) is 30.7. The van der Waals surface area contributed by atoms with Gasteiger partial charge in [-0.25, -0.2) is 14.6 Å². The predicted octanol–water partition coefficient (Wildman–Crippen LogP) is 1.09. The molecule has 4 aromatic rings. The number of aliphatic hydroxyl groups excluding tert-OH is 1. The first kappa shape index (κ1) is 18.3. The van der Waals surface area contributed by atoms with Crippen molar-refractivity contribution in [2.45, 2.75) is 13.1 Å². The third-order valence-electron chi connectivity index (χ3n) is 4.18. The highest BCUT2D eigenvalue weighted by Gasteiger charge is 2.12. The molecule has 0 amide bonds. The summed E-state index contributed by atoms with van der Waals surface area (Å²) in [6.07, 6.45) is 3.55. The van der Waals surface area contributed by atoms with Gasteiger partial charge in [-0.3, -0.25) is 4.68 Å². The third-order valence-corrected chi connectivity index (χ3v) is 4.18. The van der Waals surface area contributed by atoms with Crippen molar-refractivity contribution in [3.8, 4) is 28.7 Å². The van der Waals surface area contributed by atoms with Crippen molar-refractivity contribution in [1.29, 1.82) is 5.26 Å². The van der Waals surface area contributed by atoms with Crippen LogP contribution in [0.1, 0.15) is 11.3 Å². The average Bonchev–Trinajstić information content (AvgIpc) is 3.38. The molecule has 3 N–H and O–H groups in total. The molecule has 0 unspecified atom stereocenters. The number of aliphatic hydroxyl groups is 1. The lowest BCUT2D eigenvalue weighted by Gasteiger charge is -2.04. The van der Waals surface area contributed by atoms with Crippen LogP contribution in [0.5, 0.6) is 0 Å². The molecule has 0 saturated carbocycles. The maximum Gasteiger partial charge on any atom is 0.221 e. The summed E-state index contributed by atoms with van der Waals surface area (Å²) in [5.41, 5.74) is 9.67. The molecule has 0 fully saturated rings. The second-order valence-corrected chi connectivity index (χ2v) is 6.28. The lowest BCUT2D eigenvalue weighted by molar-refractivity contribution is 0.269. The molecule has 0 aliphatic rings. The average molecular weight is 387 g/mol. The number of nitrogens with zero attached hydrogens (tertiary/aromatic N) is 8. The normalized spacial score (nSPS) is 10.8. The van der Waals surface area contributed by atoms with Gasteiger partial charge in [-0.15, -0.1) is 5.10 Å². The Morgan fingerprint density at radius 2 is 1.93 bits per heavy atom. The maximum absolute atomic E-state index is 9.10. The van der Waals surface area contributed by atoms with E-state index in [1.807, 2.05) is 12.1 Å². The van der Waals surface area contributed by atoms with Gasteiger partial charge >= 0.3 is 0 Å². The van der Waals surface area contributed by atoms with E-state index in [0.717, 1.165) is 11.3 Å². The predicted molar refractivity (Wildman–Crippen MR) is 104 cm³/mol. The Hall–Kier alpha value is -4.10. The van der Waals surface area contributed by atoms with E-state index in [-0.39, 0.29) is 12.6 Å². The minimum absolute atomic E-state index is 0.0311. The van der Waals surface area contributed by atoms with Gasteiger partial charge in [0, 0.05) is 11.8 Å². The van der Waals surface area contributed by atoms with Crippen molar-refractivity contribution < 1.29 is 5.11 Å². The number of hydrogen-bond donors (Lipinski definition) is 2. The molecule has 29 heavy (non-hydrogen) atoms. The molecule has 0 atom stereocenters. The standard InChI is InChI=1S/C19H17N9O/c20-10-13-2-1-3-14(8-13)16-9-17(23-19(21)22-16)18-12-28(26-24-18)11-15-4-5-27(25-15)6-7-29/h1-5,8-9,12,29H,6-7,11H2,(H2,21,22,23). The van der Waals surface area contributed by atoms with Gasteiger partial charge in [0.15, 0.2) is 0 Å².